The molecule has 5 heteroatoms. The van der Waals surface area contributed by atoms with Crippen molar-refractivity contribution in [1.29, 1.82) is 0 Å². The van der Waals surface area contributed by atoms with Gasteiger partial charge in [-0.15, -0.1) is 12.4 Å². The van der Waals surface area contributed by atoms with Crippen LogP contribution in [-0.2, 0) is 0 Å². The van der Waals surface area contributed by atoms with E-state index < -0.39 is 0 Å². The molecule has 1 aromatic carbocycles. The summed E-state index contributed by atoms with van der Waals surface area (Å²) in [6, 6.07) is 3.64. The van der Waals surface area contributed by atoms with Gasteiger partial charge < -0.3 is 19.9 Å². The number of fused-ring (bicyclic) bond motifs is 1. The van der Waals surface area contributed by atoms with Crippen LogP contribution >= 0.6 is 12.4 Å². The number of methoxy groups -OCH3 is 2. The fraction of sp³-hybridized carbons (Fsp3) is 0.455. The molecule has 0 aliphatic carbocycles. The van der Waals surface area contributed by atoms with Crippen molar-refractivity contribution >= 4 is 12.4 Å². The molecular weight excluding hydrogens is 230 g/mol. The maximum Gasteiger partial charge on any atom is 0.169 e. The van der Waals surface area contributed by atoms with Crippen LogP contribution in [0.5, 0.6) is 17.2 Å². The van der Waals surface area contributed by atoms with Gasteiger partial charge in [0.05, 0.1) is 26.4 Å². The molecule has 1 aliphatic rings. The summed E-state index contributed by atoms with van der Waals surface area (Å²) in [6.07, 6.45) is 0.802. The standard InChI is InChI=1S/C11H15NO3.ClH/c1-13-8-3-4-9(14-2)11-10(8)7(12)5-6-15-11;/h3-4,7H,5-6,12H2,1-2H3;1H/t7-;/m0./s1. The lowest BCUT2D eigenvalue weighted by Crippen LogP contribution is -2.21. The molecule has 0 aromatic heterocycles. The fourth-order valence-corrected chi connectivity index (χ4v) is 1.83. The van der Waals surface area contributed by atoms with Crippen LogP contribution in [-0.4, -0.2) is 20.8 Å². The number of benzene rings is 1. The topological polar surface area (TPSA) is 53.7 Å². The summed E-state index contributed by atoms with van der Waals surface area (Å²) in [5.41, 5.74) is 6.94. The van der Waals surface area contributed by atoms with E-state index in [2.05, 4.69) is 0 Å². The van der Waals surface area contributed by atoms with Crippen LogP contribution in [0.3, 0.4) is 0 Å². The molecule has 0 saturated carbocycles. The first-order chi connectivity index (χ1) is 7.27. The second-order valence-corrected chi connectivity index (χ2v) is 3.46. The minimum Gasteiger partial charge on any atom is -0.496 e. The van der Waals surface area contributed by atoms with Crippen LogP contribution in [0.4, 0.5) is 0 Å². The second kappa shape index (κ2) is 5.27. The van der Waals surface area contributed by atoms with Gasteiger partial charge in [0.25, 0.3) is 0 Å². The number of rotatable bonds is 2. The molecule has 2 rings (SSSR count). The predicted molar refractivity (Wildman–Crippen MR) is 63.8 cm³/mol. The van der Waals surface area contributed by atoms with Gasteiger partial charge in [-0.2, -0.15) is 0 Å². The SMILES string of the molecule is COc1ccc(OC)c2c1OCC[C@@H]2N.Cl. The number of hydrogen-bond acceptors (Lipinski definition) is 4. The van der Waals surface area contributed by atoms with E-state index in [-0.39, 0.29) is 18.4 Å². The maximum absolute atomic E-state index is 6.03. The monoisotopic (exact) mass is 245 g/mol. The number of halogens is 1. The van der Waals surface area contributed by atoms with Crippen molar-refractivity contribution in [3.8, 4) is 17.2 Å². The Morgan fingerprint density at radius 3 is 2.50 bits per heavy atom. The summed E-state index contributed by atoms with van der Waals surface area (Å²) in [6.45, 7) is 0.623. The Balaban J connectivity index is 0.00000128. The molecular formula is C11H16ClNO3. The van der Waals surface area contributed by atoms with Crippen molar-refractivity contribution in [1.82, 2.24) is 0 Å². The maximum atomic E-state index is 6.03. The summed E-state index contributed by atoms with van der Waals surface area (Å²) < 4.78 is 16.1. The quantitative estimate of drug-likeness (QED) is 0.865. The summed E-state index contributed by atoms with van der Waals surface area (Å²) in [5.74, 6) is 2.19. The minimum atomic E-state index is -0.0428. The Kier molecular flexibility index (Phi) is 4.26. The fourth-order valence-electron chi connectivity index (χ4n) is 1.83. The average molecular weight is 246 g/mol. The van der Waals surface area contributed by atoms with E-state index >= 15 is 0 Å². The van der Waals surface area contributed by atoms with Gasteiger partial charge in [0.1, 0.15) is 5.75 Å². The van der Waals surface area contributed by atoms with Crippen molar-refractivity contribution in [2.45, 2.75) is 12.5 Å². The highest BCUT2D eigenvalue weighted by Gasteiger charge is 2.25. The van der Waals surface area contributed by atoms with Crippen LogP contribution < -0.4 is 19.9 Å². The van der Waals surface area contributed by atoms with Crippen molar-refractivity contribution < 1.29 is 14.2 Å². The third-order valence-corrected chi connectivity index (χ3v) is 2.61. The molecule has 90 valence electrons. The summed E-state index contributed by atoms with van der Waals surface area (Å²) in [7, 11) is 3.25. The molecule has 1 atom stereocenters. The zero-order valence-electron chi connectivity index (χ0n) is 9.36. The Bertz CT molecular complexity index is 370. The Labute approximate surface area is 101 Å². The molecule has 0 saturated heterocycles. The highest BCUT2D eigenvalue weighted by atomic mass is 35.5. The van der Waals surface area contributed by atoms with Crippen LogP contribution in [0.25, 0.3) is 0 Å². The molecule has 16 heavy (non-hydrogen) atoms. The highest BCUT2D eigenvalue weighted by Crippen LogP contribution is 2.43. The van der Waals surface area contributed by atoms with E-state index in [4.69, 9.17) is 19.9 Å². The molecule has 4 nitrogen and oxygen atoms in total. The number of hydrogen-bond donors (Lipinski definition) is 1. The van der Waals surface area contributed by atoms with Crippen LogP contribution in [0.2, 0.25) is 0 Å². The van der Waals surface area contributed by atoms with Gasteiger partial charge >= 0.3 is 0 Å². The summed E-state index contributed by atoms with van der Waals surface area (Å²) in [4.78, 5) is 0. The molecule has 1 aliphatic heterocycles. The zero-order chi connectivity index (χ0) is 10.8. The first-order valence-corrected chi connectivity index (χ1v) is 4.91. The first kappa shape index (κ1) is 12.9. The van der Waals surface area contributed by atoms with E-state index in [9.17, 15) is 0 Å². The second-order valence-electron chi connectivity index (χ2n) is 3.46. The average Bonchev–Trinajstić information content (AvgIpc) is 2.28. The van der Waals surface area contributed by atoms with Gasteiger partial charge in [-0.1, -0.05) is 0 Å². The zero-order valence-corrected chi connectivity index (χ0v) is 10.2. The van der Waals surface area contributed by atoms with Crippen LogP contribution in [0.15, 0.2) is 12.1 Å². The molecule has 0 spiro atoms. The Morgan fingerprint density at radius 2 is 1.88 bits per heavy atom. The lowest BCUT2D eigenvalue weighted by molar-refractivity contribution is 0.247. The molecule has 0 amide bonds. The largest absolute Gasteiger partial charge is 0.496 e. The number of nitrogens with two attached hydrogens (primary N) is 1. The van der Waals surface area contributed by atoms with Gasteiger partial charge in [0, 0.05) is 12.5 Å². The van der Waals surface area contributed by atoms with Gasteiger partial charge in [-0.3, -0.25) is 0 Å². The van der Waals surface area contributed by atoms with E-state index in [0.29, 0.717) is 12.4 Å². The molecule has 1 heterocycles. The molecule has 0 fully saturated rings. The van der Waals surface area contributed by atoms with Gasteiger partial charge in [-0.25, -0.2) is 0 Å². The third-order valence-electron chi connectivity index (χ3n) is 2.61. The van der Waals surface area contributed by atoms with Crippen molar-refractivity contribution in [2.75, 3.05) is 20.8 Å². The molecule has 0 unspecified atom stereocenters. The van der Waals surface area contributed by atoms with Crippen molar-refractivity contribution in [3.63, 3.8) is 0 Å². The number of ether oxygens (including phenoxy) is 3. The van der Waals surface area contributed by atoms with Crippen molar-refractivity contribution in [3.05, 3.63) is 17.7 Å². The Morgan fingerprint density at radius 1 is 1.25 bits per heavy atom. The smallest absolute Gasteiger partial charge is 0.169 e. The first-order valence-electron chi connectivity index (χ1n) is 4.91. The van der Waals surface area contributed by atoms with Gasteiger partial charge in [0.15, 0.2) is 11.5 Å². The van der Waals surface area contributed by atoms with E-state index in [0.717, 1.165) is 23.5 Å². The predicted octanol–water partition coefficient (Wildman–Crippen LogP) is 1.91. The minimum absolute atomic E-state index is 0. The lowest BCUT2D eigenvalue weighted by atomic mass is 10.00. The van der Waals surface area contributed by atoms with E-state index in [1.165, 1.54) is 0 Å². The molecule has 2 N–H and O–H groups in total. The third kappa shape index (κ3) is 2.03. The Hall–Kier alpha value is -1.13. The van der Waals surface area contributed by atoms with E-state index in [1.807, 2.05) is 12.1 Å². The van der Waals surface area contributed by atoms with Crippen LogP contribution in [0, 0.1) is 0 Å². The summed E-state index contributed by atoms with van der Waals surface area (Å²) >= 11 is 0. The summed E-state index contributed by atoms with van der Waals surface area (Å²) in [5, 5.41) is 0. The lowest BCUT2D eigenvalue weighted by Gasteiger charge is -2.26. The molecule has 0 radical (unpaired) electrons. The normalized spacial score (nSPS) is 17.8. The molecule has 0 bridgehead atoms. The van der Waals surface area contributed by atoms with E-state index in [1.54, 1.807) is 14.2 Å². The van der Waals surface area contributed by atoms with Gasteiger partial charge in [-0.05, 0) is 12.1 Å². The van der Waals surface area contributed by atoms with Gasteiger partial charge in [0.2, 0.25) is 0 Å². The molecule has 1 aromatic rings. The highest BCUT2D eigenvalue weighted by molar-refractivity contribution is 5.85. The van der Waals surface area contributed by atoms with Crippen molar-refractivity contribution in [2.24, 2.45) is 5.73 Å². The van der Waals surface area contributed by atoms with Crippen LogP contribution in [0.1, 0.15) is 18.0 Å².